The van der Waals surface area contributed by atoms with Gasteiger partial charge in [0, 0.05) is 19.1 Å². The topological polar surface area (TPSA) is 46.5 Å². The van der Waals surface area contributed by atoms with Gasteiger partial charge in [-0.3, -0.25) is 0 Å². The highest BCUT2D eigenvalue weighted by atomic mass is 16.5. The summed E-state index contributed by atoms with van der Waals surface area (Å²) in [6.07, 6.45) is 2.67. The van der Waals surface area contributed by atoms with Crippen molar-refractivity contribution in [3.05, 3.63) is 0 Å². The standard InChI is InChI=1S/C8H14O3/c9-5-8(6-10)7-1-3-11-4-2-7/h5,7-8,10H,1-4,6H2. The molecule has 1 aliphatic rings. The van der Waals surface area contributed by atoms with Crippen molar-refractivity contribution in [2.24, 2.45) is 11.8 Å². The monoisotopic (exact) mass is 158 g/mol. The van der Waals surface area contributed by atoms with Gasteiger partial charge >= 0.3 is 0 Å². The number of carbonyl (C=O) groups excluding carboxylic acids is 1. The lowest BCUT2D eigenvalue weighted by molar-refractivity contribution is -0.115. The van der Waals surface area contributed by atoms with Crippen molar-refractivity contribution >= 4 is 6.29 Å². The Morgan fingerprint density at radius 3 is 2.64 bits per heavy atom. The summed E-state index contributed by atoms with van der Waals surface area (Å²) in [6, 6.07) is 0. The van der Waals surface area contributed by atoms with Crippen LogP contribution in [0.4, 0.5) is 0 Å². The maximum absolute atomic E-state index is 10.4. The minimum absolute atomic E-state index is 0.0197. The summed E-state index contributed by atoms with van der Waals surface area (Å²) in [7, 11) is 0. The van der Waals surface area contributed by atoms with Crippen molar-refractivity contribution in [1.82, 2.24) is 0 Å². The molecular weight excluding hydrogens is 144 g/mol. The van der Waals surface area contributed by atoms with E-state index in [1.54, 1.807) is 0 Å². The molecule has 1 saturated heterocycles. The normalized spacial score (nSPS) is 23.0. The summed E-state index contributed by atoms with van der Waals surface area (Å²) in [6.45, 7) is 1.44. The molecule has 1 rings (SSSR count). The number of hydrogen-bond acceptors (Lipinski definition) is 3. The fourth-order valence-corrected chi connectivity index (χ4v) is 1.45. The van der Waals surface area contributed by atoms with Crippen LogP contribution < -0.4 is 0 Å². The van der Waals surface area contributed by atoms with Crippen LogP contribution in [-0.2, 0) is 9.53 Å². The lowest BCUT2D eigenvalue weighted by Crippen LogP contribution is -2.26. The third-order valence-corrected chi connectivity index (χ3v) is 2.26. The number of aldehydes is 1. The number of aliphatic hydroxyl groups is 1. The predicted molar refractivity (Wildman–Crippen MR) is 40.2 cm³/mol. The summed E-state index contributed by atoms with van der Waals surface area (Å²) in [5.74, 6) is 0.171. The second kappa shape index (κ2) is 4.46. The lowest BCUT2D eigenvalue weighted by atomic mass is 9.88. The largest absolute Gasteiger partial charge is 0.396 e. The van der Waals surface area contributed by atoms with Crippen molar-refractivity contribution in [2.75, 3.05) is 19.8 Å². The maximum Gasteiger partial charge on any atom is 0.125 e. The number of aliphatic hydroxyl groups excluding tert-OH is 1. The molecule has 0 aromatic rings. The quantitative estimate of drug-likeness (QED) is 0.598. The van der Waals surface area contributed by atoms with Crippen molar-refractivity contribution in [3.8, 4) is 0 Å². The summed E-state index contributed by atoms with van der Waals surface area (Å²) in [5, 5.41) is 8.81. The summed E-state index contributed by atoms with van der Waals surface area (Å²) >= 11 is 0. The molecule has 0 bridgehead atoms. The molecule has 0 amide bonds. The Balaban J connectivity index is 2.35. The smallest absolute Gasteiger partial charge is 0.125 e. The molecule has 1 N–H and O–H groups in total. The first-order chi connectivity index (χ1) is 5.38. The first-order valence-corrected chi connectivity index (χ1v) is 4.02. The molecule has 0 aromatic heterocycles. The highest BCUT2D eigenvalue weighted by molar-refractivity contribution is 5.54. The van der Waals surface area contributed by atoms with Crippen LogP contribution in [0.3, 0.4) is 0 Å². The Labute approximate surface area is 66.4 Å². The molecule has 0 radical (unpaired) electrons. The second-order valence-corrected chi connectivity index (χ2v) is 2.93. The fourth-order valence-electron chi connectivity index (χ4n) is 1.45. The third-order valence-electron chi connectivity index (χ3n) is 2.26. The Bertz CT molecular complexity index is 119. The van der Waals surface area contributed by atoms with Crippen LogP contribution in [0.25, 0.3) is 0 Å². The molecule has 0 aliphatic carbocycles. The van der Waals surface area contributed by atoms with Gasteiger partial charge in [-0.1, -0.05) is 0 Å². The Morgan fingerprint density at radius 1 is 1.55 bits per heavy atom. The van der Waals surface area contributed by atoms with E-state index in [2.05, 4.69) is 0 Å². The average molecular weight is 158 g/mol. The zero-order valence-electron chi connectivity index (χ0n) is 6.53. The number of carbonyl (C=O) groups is 1. The second-order valence-electron chi connectivity index (χ2n) is 2.93. The van der Waals surface area contributed by atoms with Gasteiger partial charge in [0.2, 0.25) is 0 Å². The van der Waals surface area contributed by atoms with Crippen molar-refractivity contribution in [1.29, 1.82) is 0 Å². The Hall–Kier alpha value is -0.410. The average Bonchev–Trinajstić information content (AvgIpc) is 2.09. The van der Waals surface area contributed by atoms with E-state index in [4.69, 9.17) is 9.84 Å². The minimum atomic E-state index is -0.168. The maximum atomic E-state index is 10.4. The zero-order chi connectivity index (χ0) is 8.10. The molecule has 1 fully saturated rings. The molecule has 1 unspecified atom stereocenters. The Kier molecular flexibility index (Phi) is 3.52. The van der Waals surface area contributed by atoms with Gasteiger partial charge in [0.1, 0.15) is 6.29 Å². The van der Waals surface area contributed by atoms with Crippen LogP contribution >= 0.6 is 0 Å². The number of hydrogen-bond donors (Lipinski definition) is 1. The van der Waals surface area contributed by atoms with E-state index in [9.17, 15) is 4.79 Å². The van der Waals surface area contributed by atoms with E-state index in [0.29, 0.717) is 5.92 Å². The molecule has 3 heteroatoms. The Morgan fingerprint density at radius 2 is 2.18 bits per heavy atom. The predicted octanol–water partition coefficient (Wildman–Crippen LogP) is 0.220. The molecule has 0 aromatic carbocycles. The van der Waals surface area contributed by atoms with Crippen molar-refractivity contribution in [3.63, 3.8) is 0 Å². The van der Waals surface area contributed by atoms with E-state index < -0.39 is 0 Å². The molecule has 64 valence electrons. The van der Waals surface area contributed by atoms with E-state index in [1.807, 2.05) is 0 Å². The molecule has 1 atom stereocenters. The summed E-state index contributed by atoms with van der Waals surface area (Å²) in [5.41, 5.74) is 0. The minimum Gasteiger partial charge on any atom is -0.396 e. The first kappa shape index (κ1) is 8.68. The van der Waals surface area contributed by atoms with Crippen LogP contribution in [0.1, 0.15) is 12.8 Å². The SMILES string of the molecule is O=CC(CO)C1CCOCC1. The highest BCUT2D eigenvalue weighted by Gasteiger charge is 2.22. The van der Waals surface area contributed by atoms with Crippen LogP contribution in [0.5, 0.6) is 0 Å². The van der Waals surface area contributed by atoms with Gasteiger partial charge in [0.25, 0.3) is 0 Å². The van der Waals surface area contributed by atoms with Gasteiger partial charge in [-0.15, -0.1) is 0 Å². The highest BCUT2D eigenvalue weighted by Crippen LogP contribution is 2.21. The van der Waals surface area contributed by atoms with Crippen LogP contribution in [-0.4, -0.2) is 31.2 Å². The van der Waals surface area contributed by atoms with E-state index in [0.717, 1.165) is 32.3 Å². The molecule has 0 spiro atoms. The molecular formula is C8H14O3. The summed E-state index contributed by atoms with van der Waals surface area (Å²) in [4.78, 5) is 10.4. The van der Waals surface area contributed by atoms with Gasteiger partial charge in [0.15, 0.2) is 0 Å². The lowest BCUT2D eigenvalue weighted by Gasteiger charge is -2.25. The molecule has 1 heterocycles. The number of rotatable bonds is 3. The van der Waals surface area contributed by atoms with Gasteiger partial charge in [-0.25, -0.2) is 0 Å². The fraction of sp³-hybridized carbons (Fsp3) is 0.875. The van der Waals surface area contributed by atoms with Crippen LogP contribution in [0.15, 0.2) is 0 Å². The van der Waals surface area contributed by atoms with Gasteiger partial charge in [-0.05, 0) is 18.8 Å². The van der Waals surface area contributed by atoms with Crippen LogP contribution in [0.2, 0.25) is 0 Å². The van der Waals surface area contributed by atoms with E-state index >= 15 is 0 Å². The summed E-state index contributed by atoms with van der Waals surface area (Å²) < 4.78 is 5.14. The van der Waals surface area contributed by atoms with Gasteiger partial charge < -0.3 is 14.6 Å². The molecule has 0 saturated carbocycles. The molecule has 3 nitrogen and oxygen atoms in total. The van der Waals surface area contributed by atoms with E-state index in [-0.39, 0.29) is 12.5 Å². The van der Waals surface area contributed by atoms with Crippen LogP contribution in [0, 0.1) is 11.8 Å². The first-order valence-electron chi connectivity index (χ1n) is 4.02. The number of ether oxygens (including phenoxy) is 1. The third kappa shape index (κ3) is 2.27. The van der Waals surface area contributed by atoms with Crippen molar-refractivity contribution in [2.45, 2.75) is 12.8 Å². The molecule has 1 aliphatic heterocycles. The molecule has 11 heavy (non-hydrogen) atoms. The zero-order valence-corrected chi connectivity index (χ0v) is 6.53. The van der Waals surface area contributed by atoms with E-state index in [1.165, 1.54) is 0 Å². The van der Waals surface area contributed by atoms with Crippen molar-refractivity contribution < 1.29 is 14.6 Å². The van der Waals surface area contributed by atoms with Gasteiger partial charge in [-0.2, -0.15) is 0 Å². The van der Waals surface area contributed by atoms with Gasteiger partial charge in [0.05, 0.1) is 6.61 Å².